The van der Waals surface area contributed by atoms with Crippen LogP contribution in [0.1, 0.15) is 114 Å². The smallest absolute Gasteiger partial charge is 0.498 e. The second-order valence-corrected chi connectivity index (χ2v) is 20.4. The number of carbonyl (C=O) groups is 5. The third-order valence-corrected chi connectivity index (χ3v) is 14.1. The Bertz CT molecular complexity index is 1980. The number of halogens is 1. The molecular weight excluding hydrogens is 824 g/mol. The highest BCUT2D eigenvalue weighted by Gasteiger charge is 2.77. The summed E-state index contributed by atoms with van der Waals surface area (Å²) in [7, 11) is 1.53. The van der Waals surface area contributed by atoms with Crippen molar-refractivity contribution in [3.05, 3.63) is 40.4 Å². The number of aliphatic hydroxyl groups is 1. The van der Waals surface area contributed by atoms with Crippen LogP contribution in [0.3, 0.4) is 0 Å². The van der Waals surface area contributed by atoms with Crippen molar-refractivity contribution in [1.82, 2.24) is 10.2 Å². The maximum Gasteiger partial charge on any atom is 0.510 e. The van der Waals surface area contributed by atoms with Gasteiger partial charge in [0.25, 0.3) is 12.3 Å². The Kier molecular flexibility index (Phi) is 12.8. The predicted octanol–water partition coefficient (Wildman–Crippen LogP) is 5.95. The number of nitrogens with one attached hydrogen (secondary N) is 1. The molecule has 16 nitrogen and oxygen atoms in total. The lowest BCUT2D eigenvalue weighted by Gasteiger charge is -2.56. The number of hydrogen-bond donors (Lipinski definition) is 2. The molecule has 1 saturated heterocycles. The molecule has 0 spiro atoms. The van der Waals surface area contributed by atoms with Crippen LogP contribution in [0, 0.1) is 23.7 Å². The monoisotopic (exact) mass is 888 g/mol. The van der Waals surface area contributed by atoms with E-state index in [1.54, 1.807) is 66.7 Å². The number of likely N-dealkylation sites (tertiary alicyclic amines) is 1. The number of amides is 3. The molecule has 1 aromatic rings. The lowest BCUT2D eigenvalue weighted by molar-refractivity contribution is -0.967. The van der Waals surface area contributed by atoms with Crippen molar-refractivity contribution in [2.75, 3.05) is 25.2 Å². The van der Waals surface area contributed by atoms with Crippen LogP contribution in [-0.2, 0) is 39.0 Å². The van der Waals surface area contributed by atoms with Crippen LogP contribution in [0.4, 0.5) is 20.1 Å². The van der Waals surface area contributed by atoms with Gasteiger partial charge in [-0.2, -0.15) is 0 Å². The lowest BCUT2D eigenvalue weighted by Crippen LogP contribution is -2.77. The van der Waals surface area contributed by atoms with Crippen LogP contribution >= 0.6 is 11.6 Å². The van der Waals surface area contributed by atoms with Crippen LogP contribution in [0.2, 0.25) is 5.02 Å². The zero-order valence-electron chi connectivity index (χ0n) is 38.1. The number of para-hydroxylation sites is 1. The molecule has 2 heterocycles. The minimum atomic E-state index is -2.03. The molecule has 0 radical (unpaired) electrons. The summed E-state index contributed by atoms with van der Waals surface area (Å²) >= 11 is 6.74. The van der Waals surface area contributed by atoms with E-state index >= 15 is 4.79 Å². The molecule has 1 aromatic carbocycles. The highest BCUT2D eigenvalue weighted by molar-refractivity contribution is 6.33. The quantitative estimate of drug-likeness (QED) is 0.128. The molecule has 2 N–H and O–H groups in total. The number of benzene rings is 1. The fourth-order valence-electron chi connectivity index (χ4n) is 10.9. The minimum Gasteiger partial charge on any atom is -0.498 e. The first-order chi connectivity index (χ1) is 28.8. The van der Waals surface area contributed by atoms with Gasteiger partial charge in [0.2, 0.25) is 11.6 Å². The summed E-state index contributed by atoms with van der Waals surface area (Å²) in [5.41, 5.74) is -5.23. The summed E-state index contributed by atoms with van der Waals surface area (Å²) in [6.45, 7) is 19.4. The van der Waals surface area contributed by atoms with E-state index in [0.29, 0.717) is 31.5 Å². The highest BCUT2D eigenvalue weighted by Crippen LogP contribution is 2.60. The first-order valence-corrected chi connectivity index (χ1v) is 22.2. The highest BCUT2D eigenvalue weighted by atomic mass is 35.5. The van der Waals surface area contributed by atoms with Crippen molar-refractivity contribution in [2.24, 2.45) is 23.7 Å². The molecule has 6 rings (SSSR count). The van der Waals surface area contributed by atoms with Gasteiger partial charge < -0.3 is 44.2 Å². The van der Waals surface area contributed by atoms with Gasteiger partial charge in [0.1, 0.15) is 11.2 Å². The van der Waals surface area contributed by atoms with E-state index in [4.69, 9.17) is 35.4 Å². The molecule has 0 bridgehead atoms. The number of nitrogens with zero attached hydrogens (tertiary/aromatic N) is 3. The third kappa shape index (κ3) is 8.02. The van der Waals surface area contributed by atoms with E-state index < -0.39 is 93.7 Å². The second kappa shape index (κ2) is 16.8. The van der Waals surface area contributed by atoms with Gasteiger partial charge in [0.05, 0.1) is 22.7 Å². The number of anilines is 1. The van der Waals surface area contributed by atoms with E-state index in [-0.39, 0.29) is 40.2 Å². The maximum atomic E-state index is 15.5. The zero-order valence-corrected chi connectivity index (χ0v) is 38.9. The van der Waals surface area contributed by atoms with Crippen LogP contribution in [-0.4, -0.2) is 112 Å². The second-order valence-electron chi connectivity index (χ2n) is 20.0. The van der Waals surface area contributed by atoms with Crippen molar-refractivity contribution in [3.63, 3.8) is 0 Å². The van der Waals surface area contributed by atoms with Gasteiger partial charge in [-0.05, 0) is 110 Å². The average Bonchev–Trinajstić information content (AvgIpc) is 3.94. The number of hydroxylamine groups is 1. The average molecular weight is 889 g/mol. The molecule has 17 heteroatoms. The summed E-state index contributed by atoms with van der Waals surface area (Å²) in [6.07, 6.45) is -2.88. The Labute approximate surface area is 369 Å². The molecular formula is C45H65ClN4O12. The number of quaternary nitrogens is 1. The first kappa shape index (κ1) is 47.4. The van der Waals surface area contributed by atoms with Crippen LogP contribution in [0.15, 0.2) is 29.8 Å². The van der Waals surface area contributed by atoms with Crippen molar-refractivity contribution < 1.29 is 62.5 Å². The Morgan fingerprint density at radius 1 is 1.10 bits per heavy atom. The molecule has 3 amide bonds. The van der Waals surface area contributed by atoms with Crippen molar-refractivity contribution in [3.8, 4) is 0 Å². The van der Waals surface area contributed by atoms with Gasteiger partial charge in [-0.1, -0.05) is 43.7 Å². The van der Waals surface area contributed by atoms with Gasteiger partial charge in [-0.15, -0.1) is 0 Å². The molecule has 5 aliphatic rings. The molecule has 3 aliphatic carbocycles. The number of ether oxygens (including phenoxy) is 4. The Morgan fingerprint density at radius 2 is 1.76 bits per heavy atom. The van der Waals surface area contributed by atoms with Gasteiger partial charge >= 0.3 is 24.1 Å². The van der Waals surface area contributed by atoms with Crippen molar-refractivity contribution in [2.45, 2.75) is 161 Å². The molecule has 11 atom stereocenters. The molecule has 62 heavy (non-hydrogen) atoms. The number of rotatable bonds is 9. The number of carboxylic acid groups (broad SMARTS) is 1. The van der Waals surface area contributed by atoms with Crippen LogP contribution in [0.25, 0.3) is 0 Å². The van der Waals surface area contributed by atoms with Gasteiger partial charge in [0, 0.05) is 44.6 Å². The Balaban J connectivity index is 1.47. The van der Waals surface area contributed by atoms with Crippen molar-refractivity contribution >= 4 is 47.5 Å². The van der Waals surface area contributed by atoms with E-state index in [1.165, 1.54) is 19.0 Å². The molecule has 344 valence electrons. The van der Waals surface area contributed by atoms with Crippen molar-refractivity contribution in [1.29, 1.82) is 0 Å². The number of fused-ring (bicyclic) bond motifs is 4. The molecule has 3 fully saturated rings. The fraction of sp³-hybridized carbons (Fsp3) is 0.711. The summed E-state index contributed by atoms with van der Waals surface area (Å²) in [6, 6.07) is 3.12. The van der Waals surface area contributed by atoms with E-state index in [0.717, 1.165) is 12.8 Å². The molecule has 2 saturated carbocycles. The summed E-state index contributed by atoms with van der Waals surface area (Å²) in [5.74, 6) is -3.19. The number of esters is 2. The minimum absolute atomic E-state index is 0.111. The number of carbonyl (C=O) groups excluding carboxylic acids is 5. The van der Waals surface area contributed by atoms with Gasteiger partial charge in [-0.25, -0.2) is 28.8 Å². The largest absolute Gasteiger partial charge is 0.510 e. The SMILES string of the molecule is CCNC(=O)N(CC(C)[C@@H]1CC[C@@H](C)[C@@]2(O)[C@@H]1C=C(C)C(OC(C)=O)[C@@H]2OC(=O)[C@@H]1C[C@@]2(OC(=O)OC(C)(C)C)c3cccc(Cl)c3N(C)O[C@H]2[N+]1(C(=O)[O-])C(C)(C)C)C1CC1. The normalized spacial score (nSPS) is 33.4. The van der Waals surface area contributed by atoms with Crippen LogP contribution in [0.5, 0.6) is 0 Å². The lowest BCUT2D eigenvalue weighted by atomic mass is 9.55. The predicted molar refractivity (Wildman–Crippen MR) is 225 cm³/mol. The van der Waals surface area contributed by atoms with Gasteiger partial charge in [-0.3, -0.25) is 4.79 Å². The maximum absolute atomic E-state index is 15.5. The number of hydrogen-bond acceptors (Lipinski definition) is 13. The van der Waals surface area contributed by atoms with Gasteiger partial charge in [0.15, 0.2) is 12.2 Å². The van der Waals surface area contributed by atoms with Crippen LogP contribution < -0.4 is 15.5 Å². The topological polar surface area (TPSA) is 193 Å². The molecule has 2 aliphatic heterocycles. The Morgan fingerprint density at radius 3 is 2.32 bits per heavy atom. The first-order valence-electron chi connectivity index (χ1n) is 21.8. The fourth-order valence-corrected chi connectivity index (χ4v) is 11.2. The molecule has 0 aromatic heterocycles. The van der Waals surface area contributed by atoms with E-state index in [1.807, 2.05) is 24.8 Å². The third-order valence-electron chi connectivity index (χ3n) is 13.8. The summed E-state index contributed by atoms with van der Waals surface area (Å²) in [5, 5.41) is 31.8. The van der Waals surface area contributed by atoms with E-state index in [9.17, 15) is 29.4 Å². The number of urea groups is 1. The Hall–Kier alpha value is -4.12. The summed E-state index contributed by atoms with van der Waals surface area (Å²) < 4.78 is 23.1. The molecule has 3 unspecified atom stereocenters. The van der Waals surface area contributed by atoms with E-state index in [2.05, 4.69) is 12.2 Å². The standard InChI is InChI=1S/C45H65ClN4O12/c1-13-47-39(53)49(28-18-19-28)23-25(3)29-20-17-26(4)45(57)31(29)21-24(2)35(58-27(5)51)36(45)59-37(52)33-22-44(61-41(56)60-43(9,10)11)30-15-14-16-32(46)34(30)48(12)62-38(44)50(33,40(54)55)42(6,7)8/h14-16,21,25-26,28-29,31,33,35-36,38,57H,13,17-20,22-23H2,1-12H3,(H-,47,53,54,55)/t25?,26-,29+,31-,33+,35?,36+,38-,44-,45-,50?/m1/s1. The summed E-state index contributed by atoms with van der Waals surface area (Å²) in [4.78, 5) is 77.7. The zero-order chi connectivity index (χ0) is 46.1.